The molecule has 0 saturated carbocycles. The van der Waals surface area contributed by atoms with E-state index >= 15 is 0 Å². The smallest absolute Gasteiger partial charge is 0.280 e. The predicted octanol–water partition coefficient (Wildman–Crippen LogP) is 3.94. The Labute approximate surface area is 174 Å². The second kappa shape index (κ2) is 8.65. The van der Waals surface area contributed by atoms with Crippen molar-refractivity contribution in [1.82, 2.24) is 19.6 Å². The van der Waals surface area contributed by atoms with Crippen LogP contribution in [0.2, 0.25) is 0 Å². The zero-order valence-electron chi connectivity index (χ0n) is 16.9. The lowest BCUT2D eigenvalue weighted by atomic mass is 10.1. The maximum absolute atomic E-state index is 13.1. The first kappa shape index (κ1) is 19.4. The minimum absolute atomic E-state index is 0.269. The van der Waals surface area contributed by atoms with Gasteiger partial charge in [-0.15, -0.1) is 5.10 Å². The van der Waals surface area contributed by atoms with Gasteiger partial charge in [0.1, 0.15) is 5.75 Å². The molecule has 0 aliphatic heterocycles. The number of hydrogen-bond acceptors (Lipinski definition) is 4. The third-order valence-electron chi connectivity index (χ3n) is 4.91. The van der Waals surface area contributed by atoms with Crippen molar-refractivity contribution < 1.29 is 9.53 Å². The number of anilines is 1. The summed E-state index contributed by atoms with van der Waals surface area (Å²) in [5.41, 5.74) is 3.15. The number of rotatable bonds is 7. The van der Waals surface area contributed by atoms with Gasteiger partial charge in [0.15, 0.2) is 11.5 Å². The van der Waals surface area contributed by atoms with E-state index in [0.29, 0.717) is 12.4 Å². The van der Waals surface area contributed by atoms with E-state index < -0.39 is 0 Å². The Morgan fingerprint density at radius 2 is 1.77 bits per heavy atom. The van der Waals surface area contributed by atoms with Crippen LogP contribution in [0.5, 0.6) is 5.75 Å². The van der Waals surface area contributed by atoms with Crippen molar-refractivity contribution >= 4 is 11.6 Å². The van der Waals surface area contributed by atoms with Gasteiger partial charge in [-0.25, -0.2) is 4.68 Å². The molecule has 1 amide bonds. The summed E-state index contributed by atoms with van der Waals surface area (Å²) in [5.74, 6) is 1.11. The van der Waals surface area contributed by atoms with E-state index in [1.54, 1.807) is 11.8 Å². The van der Waals surface area contributed by atoms with Crippen LogP contribution in [0.25, 0.3) is 5.82 Å². The van der Waals surface area contributed by atoms with Gasteiger partial charge in [-0.3, -0.25) is 4.79 Å². The third kappa shape index (κ3) is 3.96. The molecular weight excluding hydrogens is 378 g/mol. The van der Waals surface area contributed by atoms with Crippen molar-refractivity contribution in [2.24, 2.45) is 0 Å². The minimum Gasteiger partial charge on any atom is -0.497 e. The zero-order chi connectivity index (χ0) is 20.9. The minimum atomic E-state index is -0.291. The fourth-order valence-corrected chi connectivity index (χ4v) is 3.33. The SMILES string of the molecule is CCc1ccccc1NC(=O)c1nnn(Cc2ccc(OC)cc2)c1-n1cccc1. The standard InChI is InChI=1S/C23H23N5O2/c1-3-18-8-4-5-9-20(18)24-22(29)21-23(27-14-6-7-15-27)28(26-25-21)16-17-10-12-19(30-2)13-11-17/h4-15H,3,16H2,1-2H3,(H,24,29). The topological polar surface area (TPSA) is 74.0 Å². The first-order valence-electron chi connectivity index (χ1n) is 9.78. The fourth-order valence-electron chi connectivity index (χ4n) is 3.33. The highest BCUT2D eigenvalue weighted by Gasteiger charge is 2.22. The summed E-state index contributed by atoms with van der Waals surface area (Å²) in [6.45, 7) is 2.53. The normalized spacial score (nSPS) is 10.7. The number of ether oxygens (including phenoxy) is 1. The second-order valence-corrected chi connectivity index (χ2v) is 6.82. The molecular formula is C23H23N5O2. The molecule has 0 atom stereocenters. The number of carbonyl (C=O) groups is 1. The van der Waals surface area contributed by atoms with Crippen molar-refractivity contribution in [3.63, 3.8) is 0 Å². The van der Waals surface area contributed by atoms with Crippen LogP contribution in [-0.2, 0) is 13.0 Å². The fraction of sp³-hybridized carbons (Fsp3) is 0.174. The van der Waals surface area contributed by atoms with E-state index in [1.807, 2.05) is 77.6 Å². The van der Waals surface area contributed by atoms with Gasteiger partial charge in [0, 0.05) is 18.1 Å². The number of nitrogens with zero attached hydrogens (tertiary/aromatic N) is 4. The van der Waals surface area contributed by atoms with Crippen molar-refractivity contribution in [2.45, 2.75) is 19.9 Å². The average Bonchev–Trinajstić information content (AvgIpc) is 3.44. The number of benzene rings is 2. The van der Waals surface area contributed by atoms with E-state index in [9.17, 15) is 4.79 Å². The van der Waals surface area contributed by atoms with Gasteiger partial charge in [0.05, 0.1) is 13.7 Å². The van der Waals surface area contributed by atoms with Gasteiger partial charge in [-0.05, 0) is 47.9 Å². The summed E-state index contributed by atoms with van der Waals surface area (Å²) in [6.07, 6.45) is 4.57. The largest absolute Gasteiger partial charge is 0.497 e. The summed E-state index contributed by atoms with van der Waals surface area (Å²) in [7, 11) is 1.64. The highest BCUT2D eigenvalue weighted by atomic mass is 16.5. The molecule has 0 spiro atoms. The molecule has 7 heteroatoms. The van der Waals surface area contributed by atoms with Crippen LogP contribution in [0.3, 0.4) is 0 Å². The maximum Gasteiger partial charge on any atom is 0.280 e. The van der Waals surface area contributed by atoms with Crippen molar-refractivity contribution in [2.75, 3.05) is 12.4 Å². The van der Waals surface area contributed by atoms with Gasteiger partial charge in [-0.1, -0.05) is 42.5 Å². The highest BCUT2D eigenvalue weighted by molar-refractivity contribution is 6.05. The maximum atomic E-state index is 13.1. The number of hydrogen-bond donors (Lipinski definition) is 1. The highest BCUT2D eigenvalue weighted by Crippen LogP contribution is 2.20. The molecule has 0 aliphatic rings. The summed E-state index contributed by atoms with van der Waals surface area (Å²) in [4.78, 5) is 13.1. The molecule has 0 saturated heterocycles. The van der Waals surface area contributed by atoms with Crippen LogP contribution in [0.4, 0.5) is 5.69 Å². The van der Waals surface area contributed by atoms with Gasteiger partial charge >= 0.3 is 0 Å². The predicted molar refractivity (Wildman–Crippen MR) is 115 cm³/mol. The van der Waals surface area contributed by atoms with Gasteiger partial charge in [0.25, 0.3) is 5.91 Å². The third-order valence-corrected chi connectivity index (χ3v) is 4.91. The summed E-state index contributed by atoms with van der Waals surface area (Å²) in [6, 6.07) is 19.3. The van der Waals surface area contributed by atoms with Crippen LogP contribution in [-0.4, -0.2) is 32.6 Å². The Morgan fingerprint density at radius 3 is 2.47 bits per heavy atom. The molecule has 0 radical (unpaired) electrons. The summed E-state index contributed by atoms with van der Waals surface area (Å²) < 4.78 is 8.80. The molecule has 30 heavy (non-hydrogen) atoms. The van der Waals surface area contributed by atoms with Crippen molar-refractivity contribution in [3.05, 3.63) is 89.9 Å². The zero-order valence-corrected chi connectivity index (χ0v) is 16.9. The van der Waals surface area contributed by atoms with Crippen molar-refractivity contribution in [1.29, 1.82) is 0 Å². The number of nitrogens with one attached hydrogen (secondary N) is 1. The molecule has 1 N–H and O–H groups in total. The Bertz CT molecular complexity index is 1130. The molecule has 7 nitrogen and oxygen atoms in total. The van der Waals surface area contributed by atoms with Crippen LogP contribution >= 0.6 is 0 Å². The quantitative estimate of drug-likeness (QED) is 0.509. The molecule has 0 unspecified atom stereocenters. The molecule has 2 aromatic heterocycles. The molecule has 0 fully saturated rings. The summed E-state index contributed by atoms with van der Waals surface area (Å²) >= 11 is 0. The van der Waals surface area contributed by atoms with Crippen LogP contribution in [0, 0.1) is 0 Å². The van der Waals surface area contributed by atoms with Crippen molar-refractivity contribution in [3.8, 4) is 11.6 Å². The molecule has 2 heterocycles. The molecule has 4 rings (SSSR count). The van der Waals surface area contributed by atoms with E-state index in [2.05, 4.69) is 22.6 Å². The lowest BCUT2D eigenvalue weighted by Crippen LogP contribution is -2.17. The molecule has 0 bridgehead atoms. The summed E-state index contributed by atoms with van der Waals surface area (Å²) in [5, 5.41) is 11.5. The monoisotopic (exact) mass is 401 g/mol. The van der Waals surface area contributed by atoms with Crippen LogP contribution in [0.15, 0.2) is 73.1 Å². The number of aryl methyl sites for hydroxylation is 1. The molecule has 152 valence electrons. The van der Waals surface area contributed by atoms with E-state index in [-0.39, 0.29) is 11.6 Å². The average molecular weight is 401 g/mol. The molecule has 4 aromatic rings. The first-order valence-corrected chi connectivity index (χ1v) is 9.78. The second-order valence-electron chi connectivity index (χ2n) is 6.82. The van der Waals surface area contributed by atoms with E-state index in [1.165, 1.54) is 0 Å². The molecule has 0 aliphatic carbocycles. The lowest BCUT2D eigenvalue weighted by molar-refractivity contribution is 0.102. The number of aromatic nitrogens is 4. The Kier molecular flexibility index (Phi) is 5.61. The molecule has 2 aromatic carbocycles. The number of para-hydroxylation sites is 1. The van der Waals surface area contributed by atoms with E-state index in [0.717, 1.165) is 29.0 Å². The lowest BCUT2D eigenvalue weighted by Gasteiger charge is -2.11. The number of carbonyl (C=O) groups excluding carboxylic acids is 1. The Hall–Kier alpha value is -3.87. The number of methoxy groups -OCH3 is 1. The van der Waals surface area contributed by atoms with Gasteiger partial charge in [-0.2, -0.15) is 0 Å². The van der Waals surface area contributed by atoms with E-state index in [4.69, 9.17) is 4.74 Å². The van der Waals surface area contributed by atoms with Crippen LogP contribution < -0.4 is 10.1 Å². The first-order chi connectivity index (χ1) is 14.7. The number of amides is 1. The Balaban J connectivity index is 1.67. The van der Waals surface area contributed by atoms with Crippen LogP contribution in [0.1, 0.15) is 28.5 Å². The Morgan fingerprint density at radius 1 is 1.03 bits per heavy atom. The van der Waals surface area contributed by atoms with Gasteiger partial charge < -0.3 is 14.6 Å². The van der Waals surface area contributed by atoms with Gasteiger partial charge in [0.2, 0.25) is 0 Å².